The largest absolute Gasteiger partial charge is 0.349 e. The fourth-order valence-electron chi connectivity index (χ4n) is 4.06. The topological polar surface area (TPSA) is 67.2 Å². The number of hydrogen-bond acceptors (Lipinski definition) is 4. The number of anilines is 1. The first-order valence-corrected chi connectivity index (χ1v) is 10.4. The fourth-order valence-corrected chi connectivity index (χ4v) is 5.50. The summed E-state index contributed by atoms with van der Waals surface area (Å²) >= 11 is 1.49. The van der Waals surface area contributed by atoms with Crippen molar-refractivity contribution in [1.29, 1.82) is 0 Å². The van der Waals surface area contributed by atoms with Crippen molar-refractivity contribution in [1.82, 2.24) is 15.1 Å². The predicted molar refractivity (Wildman–Crippen MR) is 111 cm³/mol. The van der Waals surface area contributed by atoms with Gasteiger partial charge in [0.15, 0.2) is 4.87 Å². The quantitative estimate of drug-likeness (QED) is 0.709. The van der Waals surface area contributed by atoms with Gasteiger partial charge < -0.3 is 5.32 Å². The zero-order valence-electron chi connectivity index (χ0n) is 15.7. The van der Waals surface area contributed by atoms with Crippen LogP contribution in [0.4, 0.5) is 5.69 Å². The number of fused-ring (bicyclic) bond motifs is 3. The molecule has 2 aromatic carbocycles. The van der Waals surface area contributed by atoms with Gasteiger partial charge in [-0.2, -0.15) is 5.10 Å². The number of aromatic nitrogens is 2. The second-order valence-electron chi connectivity index (χ2n) is 7.24. The van der Waals surface area contributed by atoms with E-state index >= 15 is 0 Å². The maximum atomic E-state index is 13.3. The highest BCUT2D eigenvalue weighted by Crippen LogP contribution is 2.55. The molecule has 146 valence electrons. The number of rotatable bonds is 5. The van der Waals surface area contributed by atoms with E-state index < -0.39 is 4.87 Å². The van der Waals surface area contributed by atoms with Crippen molar-refractivity contribution in [3.05, 3.63) is 78.1 Å². The van der Waals surface area contributed by atoms with Crippen molar-refractivity contribution in [2.75, 3.05) is 4.90 Å². The summed E-state index contributed by atoms with van der Waals surface area (Å²) in [4.78, 5) is 27.7. The highest BCUT2D eigenvalue weighted by Gasteiger charge is 2.57. The molecule has 6 nitrogen and oxygen atoms in total. The number of nitrogens with zero attached hydrogens (tertiary/aromatic N) is 3. The second-order valence-corrected chi connectivity index (χ2v) is 8.56. The molecule has 1 unspecified atom stereocenters. The molecule has 0 bridgehead atoms. The Morgan fingerprint density at radius 2 is 1.90 bits per heavy atom. The van der Waals surface area contributed by atoms with Crippen LogP contribution in [0.1, 0.15) is 24.0 Å². The van der Waals surface area contributed by atoms with Crippen molar-refractivity contribution >= 4 is 29.3 Å². The molecular formula is C22H20N4O2S. The molecule has 5 rings (SSSR count). The zero-order chi connectivity index (χ0) is 19.8. The Bertz CT molecular complexity index is 1080. The van der Waals surface area contributed by atoms with Crippen LogP contribution in [0.3, 0.4) is 0 Å². The number of nitrogens with one attached hydrogen (secondary N) is 1. The minimum Gasteiger partial charge on any atom is -0.349 e. The van der Waals surface area contributed by atoms with Gasteiger partial charge >= 0.3 is 0 Å². The molecule has 3 aromatic rings. The van der Waals surface area contributed by atoms with Gasteiger partial charge in [0.1, 0.15) is 0 Å². The van der Waals surface area contributed by atoms with Crippen LogP contribution in [0.25, 0.3) is 0 Å². The Morgan fingerprint density at radius 3 is 2.72 bits per heavy atom. The summed E-state index contributed by atoms with van der Waals surface area (Å²) in [5.74, 6) is -0.102. The lowest BCUT2D eigenvalue weighted by Gasteiger charge is -2.29. The third-order valence-corrected chi connectivity index (χ3v) is 6.95. The Hall–Kier alpha value is -3.06. The highest BCUT2D eigenvalue weighted by molar-refractivity contribution is 8.02. The molecule has 1 saturated heterocycles. The van der Waals surface area contributed by atoms with Crippen molar-refractivity contribution in [3.63, 3.8) is 0 Å². The van der Waals surface area contributed by atoms with E-state index in [9.17, 15) is 9.59 Å². The maximum Gasteiger partial charge on any atom is 0.257 e. The molecule has 2 aliphatic heterocycles. The van der Waals surface area contributed by atoms with Crippen LogP contribution in [-0.2, 0) is 22.7 Å². The number of hydrogen-bond donors (Lipinski definition) is 1. The van der Waals surface area contributed by atoms with Crippen molar-refractivity contribution < 1.29 is 9.59 Å². The Balaban J connectivity index is 1.36. The van der Waals surface area contributed by atoms with Crippen LogP contribution in [0.5, 0.6) is 0 Å². The minimum atomic E-state index is -0.877. The van der Waals surface area contributed by atoms with Gasteiger partial charge in [0.25, 0.3) is 5.91 Å². The van der Waals surface area contributed by atoms with Gasteiger partial charge in [0.05, 0.1) is 12.2 Å². The molecule has 0 aliphatic carbocycles. The van der Waals surface area contributed by atoms with Gasteiger partial charge in [0.2, 0.25) is 5.91 Å². The number of para-hydroxylation sites is 1. The number of benzene rings is 2. The predicted octanol–water partition coefficient (Wildman–Crippen LogP) is 3.18. The Kier molecular flexibility index (Phi) is 4.39. The normalized spacial score (nSPS) is 19.9. The first kappa shape index (κ1) is 18.0. The third-order valence-electron chi connectivity index (χ3n) is 5.48. The van der Waals surface area contributed by atoms with Crippen LogP contribution >= 0.6 is 11.8 Å². The number of carbonyl (C=O) groups is 2. The van der Waals surface area contributed by atoms with Gasteiger partial charge in [-0.05, 0) is 35.7 Å². The molecule has 2 aliphatic rings. The summed E-state index contributed by atoms with van der Waals surface area (Å²) in [5.41, 5.74) is 2.99. The molecule has 0 radical (unpaired) electrons. The maximum absolute atomic E-state index is 13.3. The lowest BCUT2D eigenvalue weighted by atomic mass is 10.1. The molecule has 0 spiro atoms. The van der Waals surface area contributed by atoms with E-state index in [1.165, 1.54) is 11.8 Å². The van der Waals surface area contributed by atoms with E-state index in [0.717, 1.165) is 21.7 Å². The molecule has 0 saturated carbocycles. The van der Waals surface area contributed by atoms with Crippen LogP contribution < -0.4 is 10.2 Å². The van der Waals surface area contributed by atoms with Crippen LogP contribution in [0, 0.1) is 0 Å². The molecule has 29 heavy (non-hydrogen) atoms. The Labute approximate surface area is 172 Å². The Morgan fingerprint density at radius 1 is 1.10 bits per heavy atom. The smallest absolute Gasteiger partial charge is 0.257 e. The summed E-state index contributed by atoms with van der Waals surface area (Å²) in [6, 6.07) is 17.7. The highest BCUT2D eigenvalue weighted by atomic mass is 32.2. The monoisotopic (exact) mass is 404 g/mol. The van der Waals surface area contributed by atoms with Gasteiger partial charge in [-0.25, -0.2) is 0 Å². The van der Waals surface area contributed by atoms with E-state index in [0.29, 0.717) is 25.9 Å². The summed E-state index contributed by atoms with van der Waals surface area (Å²) < 4.78 is 1.86. The standard InChI is InChI=1S/C22H20N4O2S/c27-20-10-11-22(26(20)18-8-3-4-9-19(18)29-22)21(28)23-14-16-6-1-2-7-17(16)15-25-13-5-12-24-25/h1-9,12-13H,10-11,14-15H2,(H,23,28). The lowest BCUT2D eigenvalue weighted by molar-refractivity contribution is -0.124. The molecule has 1 atom stereocenters. The zero-order valence-corrected chi connectivity index (χ0v) is 16.6. The van der Waals surface area contributed by atoms with E-state index in [1.54, 1.807) is 11.1 Å². The molecule has 1 aromatic heterocycles. The van der Waals surface area contributed by atoms with Gasteiger partial charge in [-0.1, -0.05) is 48.2 Å². The number of thioether (sulfide) groups is 1. The van der Waals surface area contributed by atoms with Crippen LogP contribution in [0.15, 0.2) is 71.9 Å². The van der Waals surface area contributed by atoms with E-state index in [4.69, 9.17) is 0 Å². The fraction of sp³-hybridized carbons (Fsp3) is 0.227. The average Bonchev–Trinajstić information content (AvgIpc) is 3.44. The van der Waals surface area contributed by atoms with Crippen LogP contribution in [-0.4, -0.2) is 26.5 Å². The van der Waals surface area contributed by atoms with E-state index in [-0.39, 0.29) is 11.8 Å². The van der Waals surface area contributed by atoms with E-state index in [1.807, 2.05) is 65.5 Å². The number of carbonyl (C=O) groups excluding carboxylic acids is 2. The molecule has 1 N–H and O–H groups in total. The van der Waals surface area contributed by atoms with Gasteiger partial charge in [0, 0.05) is 30.3 Å². The van der Waals surface area contributed by atoms with Crippen LogP contribution in [0.2, 0.25) is 0 Å². The summed E-state index contributed by atoms with van der Waals surface area (Å²) in [6.07, 6.45) is 4.59. The first-order valence-electron chi connectivity index (χ1n) is 9.61. The summed E-state index contributed by atoms with van der Waals surface area (Å²) in [5, 5.41) is 7.36. The minimum absolute atomic E-state index is 0.0108. The number of amides is 2. The van der Waals surface area contributed by atoms with Crippen molar-refractivity contribution in [2.45, 2.75) is 35.7 Å². The van der Waals surface area contributed by atoms with Gasteiger partial charge in [-0.15, -0.1) is 0 Å². The second kappa shape index (κ2) is 7.08. The summed E-state index contributed by atoms with van der Waals surface area (Å²) in [7, 11) is 0. The van der Waals surface area contributed by atoms with Crippen molar-refractivity contribution in [3.8, 4) is 0 Å². The summed E-state index contributed by atoms with van der Waals surface area (Å²) in [6.45, 7) is 1.06. The van der Waals surface area contributed by atoms with E-state index in [2.05, 4.69) is 10.4 Å². The molecule has 7 heteroatoms. The molecule has 1 fully saturated rings. The molecule has 2 amide bonds. The SMILES string of the molecule is O=C1CCC2(C(=O)NCc3ccccc3Cn3cccn3)Sc3ccccc3N12. The third kappa shape index (κ3) is 3.02. The van der Waals surface area contributed by atoms with Gasteiger partial charge in [-0.3, -0.25) is 19.2 Å². The average molecular weight is 404 g/mol. The first-order chi connectivity index (χ1) is 14.2. The molecule has 3 heterocycles. The molecular weight excluding hydrogens is 384 g/mol. The van der Waals surface area contributed by atoms with Crippen molar-refractivity contribution in [2.24, 2.45) is 0 Å². The lowest BCUT2D eigenvalue weighted by Crippen LogP contribution is -2.52.